The van der Waals surface area contributed by atoms with Gasteiger partial charge in [0.05, 0.1) is 6.10 Å². The van der Waals surface area contributed by atoms with Gasteiger partial charge in [0, 0.05) is 11.8 Å². The second-order valence-electron chi connectivity index (χ2n) is 5.18. The quantitative estimate of drug-likeness (QED) is 0.848. The van der Waals surface area contributed by atoms with Crippen molar-refractivity contribution >= 4 is 0 Å². The van der Waals surface area contributed by atoms with Crippen molar-refractivity contribution in [1.29, 1.82) is 0 Å². The van der Waals surface area contributed by atoms with Crippen LogP contribution in [0.2, 0.25) is 0 Å². The van der Waals surface area contributed by atoms with Gasteiger partial charge in [-0.25, -0.2) is 0 Å². The Morgan fingerprint density at radius 3 is 2.38 bits per heavy atom. The van der Waals surface area contributed by atoms with Gasteiger partial charge >= 0.3 is 0 Å². The molecule has 1 fully saturated rings. The Bertz CT molecular complexity index is 354. The molecule has 16 heavy (non-hydrogen) atoms. The minimum Gasteiger partial charge on any atom is -0.490 e. The summed E-state index contributed by atoms with van der Waals surface area (Å²) in [5, 5.41) is 9.63. The van der Waals surface area contributed by atoms with Gasteiger partial charge < -0.3 is 9.84 Å². The highest BCUT2D eigenvalue weighted by Gasteiger charge is 2.49. The van der Waals surface area contributed by atoms with E-state index in [4.69, 9.17) is 4.74 Å². The molecule has 2 rings (SSSR count). The molecule has 2 unspecified atom stereocenters. The molecule has 1 aromatic rings. The Balaban J connectivity index is 2.00. The SMILES string of the molecule is CCc1ccc(OC2CC(O)C2(C)C)cc1. The average molecular weight is 220 g/mol. The molecule has 2 nitrogen and oxygen atoms in total. The first-order valence-corrected chi connectivity index (χ1v) is 5.97. The normalized spacial score (nSPS) is 27.2. The fraction of sp³-hybridized carbons (Fsp3) is 0.571. The molecule has 0 bridgehead atoms. The van der Waals surface area contributed by atoms with Gasteiger partial charge in [0.15, 0.2) is 0 Å². The lowest BCUT2D eigenvalue weighted by Gasteiger charge is -2.48. The van der Waals surface area contributed by atoms with Crippen LogP contribution in [0.1, 0.15) is 32.8 Å². The number of aliphatic hydroxyl groups is 1. The molecule has 1 aliphatic rings. The van der Waals surface area contributed by atoms with E-state index in [1.807, 2.05) is 26.0 Å². The van der Waals surface area contributed by atoms with E-state index in [9.17, 15) is 5.11 Å². The fourth-order valence-corrected chi connectivity index (χ4v) is 2.03. The summed E-state index contributed by atoms with van der Waals surface area (Å²) >= 11 is 0. The molecule has 0 saturated heterocycles. The van der Waals surface area contributed by atoms with Crippen LogP contribution in [0.25, 0.3) is 0 Å². The number of benzene rings is 1. The van der Waals surface area contributed by atoms with Crippen molar-refractivity contribution in [1.82, 2.24) is 0 Å². The van der Waals surface area contributed by atoms with Crippen molar-refractivity contribution < 1.29 is 9.84 Å². The highest BCUT2D eigenvalue weighted by molar-refractivity contribution is 5.28. The zero-order valence-corrected chi connectivity index (χ0v) is 10.2. The van der Waals surface area contributed by atoms with Gasteiger partial charge in [-0.1, -0.05) is 32.9 Å². The van der Waals surface area contributed by atoms with Crippen LogP contribution < -0.4 is 4.74 Å². The van der Waals surface area contributed by atoms with Crippen molar-refractivity contribution in [2.75, 3.05) is 0 Å². The van der Waals surface area contributed by atoms with E-state index < -0.39 is 0 Å². The van der Waals surface area contributed by atoms with Crippen molar-refractivity contribution in [2.24, 2.45) is 5.41 Å². The predicted molar refractivity (Wildman–Crippen MR) is 64.6 cm³/mol. The molecular weight excluding hydrogens is 200 g/mol. The maximum absolute atomic E-state index is 9.63. The Morgan fingerprint density at radius 1 is 1.31 bits per heavy atom. The molecule has 88 valence electrons. The van der Waals surface area contributed by atoms with Gasteiger partial charge in [0.2, 0.25) is 0 Å². The molecule has 1 N–H and O–H groups in total. The molecular formula is C14H20O2. The maximum Gasteiger partial charge on any atom is 0.119 e. The monoisotopic (exact) mass is 220 g/mol. The summed E-state index contributed by atoms with van der Waals surface area (Å²) in [6.07, 6.45) is 1.69. The van der Waals surface area contributed by atoms with E-state index in [1.54, 1.807) is 0 Å². The van der Waals surface area contributed by atoms with Crippen LogP contribution in [-0.4, -0.2) is 17.3 Å². The van der Waals surface area contributed by atoms with Crippen LogP contribution in [0, 0.1) is 5.41 Å². The van der Waals surface area contributed by atoms with Crippen LogP contribution in [0.3, 0.4) is 0 Å². The van der Waals surface area contributed by atoms with Crippen LogP contribution in [0.4, 0.5) is 0 Å². The van der Waals surface area contributed by atoms with E-state index in [0.717, 1.165) is 18.6 Å². The van der Waals surface area contributed by atoms with E-state index in [-0.39, 0.29) is 17.6 Å². The third-order valence-electron chi connectivity index (χ3n) is 3.74. The summed E-state index contributed by atoms with van der Waals surface area (Å²) in [5.74, 6) is 0.905. The van der Waals surface area contributed by atoms with Crippen molar-refractivity contribution in [2.45, 2.75) is 45.8 Å². The molecule has 0 amide bonds. The van der Waals surface area contributed by atoms with Gasteiger partial charge in [-0.3, -0.25) is 0 Å². The zero-order valence-electron chi connectivity index (χ0n) is 10.2. The summed E-state index contributed by atoms with van der Waals surface area (Å²) in [6.45, 7) is 6.24. The highest BCUT2D eigenvalue weighted by Crippen LogP contribution is 2.42. The lowest BCUT2D eigenvalue weighted by molar-refractivity contribution is -0.134. The van der Waals surface area contributed by atoms with E-state index in [2.05, 4.69) is 19.1 Å². The third kappa shape index (κ3) is 1.94. The molecule has 2 atom stereocenters. The molecule has 1 aromatic carbocycles. The molecule has 0 aliphatic heterocycles. The Hall–Kier alpha value is -1.02. The largest absolute Gasteiger partial charge is 0.490 e. The minimum absolute atomic E-state index is 0.122. The fourth-order valence-electron chi connectivity index (χ4n) is 2.03. The number of rotatable bonds is 3. The Morgan fingerprint density at radius 2 is 1.94 bits per heavy atom. The Labute approximate surface area is 97.3 Å². The predicted octanol–water partition coefficient (Wildman–Crippen LogP) is 2.79. The summed E-state index contributed by atoms with van der Waals surface area (Å²) in [6, 6.07) is 8.22. The molecule has 0 aromatic heterocycles. The van der Waals surface area contributed by atoms with Crippen LogP contribution in [0.5, 0.6) is 5.75 Å². The Kier molecular flexibility index (Phi) is 2.94. The first-order chi connectivity index (χ1) is 7.54. The van der Waals surface area contributed by atoms with Crippen molar-refractivity contribution in [3.63, 3.8) is 0 Å². The van der Waals surface area contributed by atoms with Gasteiger partial charge in [-0.05, 0) is 24.1 Å². The van der Waals surface area contributed by atoms with Gasteiger partial charge in [-0.2, -0.15) is 0 Å². The molecule has 0 heterocycles. The van der Waals surface area contributed by atoms with Gasteiger partial charge in [0.1, 0.15) is 11.9 Å². The maximum atomic E-state index is 9.63. The van der Waals surface area contributed by atoms with Crippen LogP contribution in [-0.2, 0) is 6.42 Å². The van der Waals surface area contributed by atoms with Crippen molar-refractivity contribution in [3.05, 3.63) is 29.8 Å². The standard InChI is InChI=1S/C14H20O2/c1-4-10-5-7-11(8-6-10)16-13-9-12(15)14(13,2)3/h5-8,12-13,15H,4,9H2,1-3H3. The number of aryl methyl sites for hydroxylation is 1. The zero-order chi connectivity index (χ0) is 11.8. The smallest absolute Gasteiger partial charge is 0.119 e. The highest BCUT2D eigenvalue weighted by atomic mass is 16.5. The van der Waals surface area contributed by atoms with Gasteiger partial charge in [0.25, 0.3) is 0 Å². The van der Waals surface area contributed by atoms with Crippen LogP contribution >= 0.6 is 0 Å². The van der Waals surface area contributed by atoms with E-state index >= 15 is 0 Å². The first-order valence-electron chi connectivity index (χ1n) is 5.97. The lowest BCUT2D eigenvalue weighted by atomic mass is 9.66. The number of ether oxygens (including phenoxy) is 1. The summed E-state index contributed by atoms with van der Waals surface area (Å²) in [4.78, 5) is 0. The number of hydrogen-bond acceptors (Lipinski definition) is 2. The first kappa shape index (κ1) is 11.5. The second kappa shape index (κ2) is 4.10. The molecule has 0 radical (unpaired) electrons. The molecule has 2 heteroatoms. The average Bonchev–Trinajstić information content (AvgIpc) is 2.29. The van der Waals surface area contributed by atoms with Crippen LogP contribution in [0.15, 0.2) is 24.3 Å². The third-order valence-corrected chi connectivity index (χ3v) is 3.74. The summed E-state index contributed by atoms with van der Waals surface area (Å²) in [5.41, 5.74) is 1.20. The second-order valence-corrected chi connectivity index (χ2v) is 5.18. The summed E-state index contributed by atoms with van der Waals surface area (Å²) < 4.78 is 5.88. The minimum atomic E-state index is -0.229. The van der Waals surface area contributed by atoms with E-state index in [0.29, 0.717) is 0 Å². The van der Waals surface area contributed by atoms with Gasteiger partial charge in [-0.15, -0.1) is 0 Å². The lowest BCUT2D eigenvalue weighted by Crippen LogP contribution is -2.56. The molecule has 0 spiro atoms. The summed E-state index contributed by atoms with van der Waals surface area (Å²) in [7, 11) is 0. The number of aliphatic hydroxyl groups excluding tert-OH is 1. The number of hydrogen-bond donors (Lipinski definition) is 1. The molecule has 1 aliphatic carbocycles. The molecule has 1 saturated carbocycles. The van der Waals surface area contributed by atoms with Crippen molar-refractivity contribution in [3.8, 4) is 5.75 Å². The topological polar surface area (TPSA) is 29.5 Å². The van der Waals surface area contributed by atoms with E-state index in [1.165, 1.54) is 5.56 Å².